The Balaban J connectivity index is 1.52. The number of hydroxylamine groups is 1. The number of hydrogen-bond acceptors (Lipinski definition) is 6. The lowest BCUT2D eigenvalue weighted by Crippen LogP contribution is -2.50. The molecule has 3 aromatic rings. The van der Waals surface area contributed by atoms with Crippen LogP contribution < -0.4 is 21.8 Å². The number of benzene rings is 3. The van der Waals surface area contributed by atoms with Crippen molar-refractivity contribution in [2.45, 2.75) is 19.5 Å². The van der Waals surface area contributed by atoms with Gasteiger partial charge < -0.3 is 16.4 Å². The normalized spacial score (nSPS) is 11.2. The summed E-state index contributed by atoms with van der Waals surface area (Å²) in [6, 6.07) is 20.9. The summed E-state index contributed by atoms with van der Waals surface area (Å²) in [6.07, 6.45) is 0. The van der Waals surface area contributed by atoms with Crippen LogP contribution in [0.2, 0.25) is 0 Å². The summed E-state index contributed by atoms with van der Waals surface area (Å²) in [7, 11) is 1.91. The molecule has 1 atom stereocenters. The van der Waals surface area contributed by atoms with E-state index < -0.39 is 17.9 Å². The minimum absolute atomic E-state index is 0.0983. The van der Waals surface area contributed by atoms with Crippen LogP contribution in [0.5, 0.6) is 0 Å². The van der Waals surface area contributed by atoms with Gasteiger partial charge in [0.25, 0.3) is 11.8 Å². The molecule has 38 heavy (non-hydrogen) atoms. The molecule has 6 N–H and O–H groups in total. The van der Waals surface area contributed by atoms with Gasteiger partial charge in [0.2, 0.25) is 5.91 Å². The first-order valence-corrected chi connectivity index (χ1v) is 12.0. The first kappa shape index (κ1) is 28.1. The molecule has 0 spiro atoms. The highest BCUT2D eigenvalue weighted by Crippen LogP contribution is 2.12. The van der Waals surface area contributed by atoms with E-state index in [9.17, 15) is 14.4 Å². The van der Waals surface area contributed by atoms with Crippen molar-refractivity contribution in [2.75, 3.05) is 25.5 Å². The summed E-state index contributed by atoms with van der Waals surface area (Å²) in [5, 5.41) is 14.1. The molecule has 3 rings (SSSR count). The fourth-order valence-corrected chi connectivity index (χ4v) is 3.62. The summed E-state index contributed by atoms with van der Waals surface area (Å²) in [5.41, 5.74) is 11.8. The number of hydrogen-bond donors (Lipinski definition) is 5. The lowest BCUT2D eigenvalue weighted by molar-refractivity contribution is -0.130. The van der Waals surface area contributed by atoms with Crippen LogP contribution in [0.1, 0.15) is 32.6 Å². The fourth-order valence-electron chi connectivity index (χ4n) is 3.62. The lowest BCUT2D eigenvalue weighted by Gasteiger charge is -2.17. The van der Waals surface area contributed by atoms with Gasteiger partial charge in [-0.15, -0.1) is 0 Å². The zero-order valence-corrected chi connectivity index (χ0v) is 21.3. The first-order chi connectivity index (χ1) is 18.3. The topological polar surface area (TPSA) is 137 Å². The number of anilines is 1. The first-order valence-electron chi connectivity index (χ1n) is 12.0. The van der Waals surface area contributed by atoms with Crippen molar-refractivity contribution in [1.29, 1.82) is 0 Å². The van der Waals surface area contributed by atoms with Gasteiger partial charge in [-0.1, -0.05) is 36.1 Å². The molecule has 3 amide bonds. The summed E-state index contributed by atoms with van der Waals surface area (Å²) < 4.78 is 0. The predicted octanol–water partition coefficient (Wildman–Crippen LogP) is 2.03. The SMILES string of the molecule is Cc1ccccc1CN(C)CC(=O)Nc1ccc(C#Cc2ccc(C(=O)N[C@@H](CN)C(=O)NO)cc2)cc1. The van der Waals surface area contributed by atoms with Gasteiger partial charge in [0.05, 0.1) is 6.54 Å². The molecule has 9 heteroatoms. The van der Waals surface area contributed by atoms with Crippen LogP contribution >= 0.6 is 0 Å². The third kappa shape index (κ3) is 8.28. The van der Waals surface area contributed by atoms with Crippen LogP contribution in [0.15, 0.2) is 72.8 Å². The molecule has 0 aliphatic carbocycles. The highest BCUT2D eigenvalue weighted by molar-refractivity contribution is 5.97. The van der Waals surface area contributed by atoms with E-state index >= 15 is 0 Å². The van der Waals surface area contributed by atoms with Crippen molar-refractivity contribution < 1.29 is 19.6 Å². The van der Waals surface area contributed by atoms with Gasteiger partial charge in [-0.25, -0.2) is 5.48 Å². The molecule has 3 aromatic carbocycles. The Morgan fingerprint density at radius 3 is 2.13 bits per heavy atom. The number of carbonyl (C=O) groups is 3. The van der Waals surface area contributed by atoms with Gasteiger partial charge in [0, 0.05) is 35.5 Å². The lowest BCUT2D eigenvalue weighted by atomic mass is 10.1. The second kappa shape index (κ2) is 13.7. The number of nitrogens with one attached hydrogen (secondary N) is 3. The summed E-state index contributed by atoms with van der Waals surface area (Å²) in [5.74, 6) is 4.69. The molecular weight excluding hydrogens is 482 g/mol. The van der Waals surface area contributed by atoms with Crippen molar-refractivity contribution in [3.63, 3.8) is 0 Å². The number of carbonyl (C=O) groups excluding carboxylic acids is 3. The van der Waals surface area contributed by atoms with Crippen molar-refractivity contribution in [1.82, 2.24) is 15.7 Å². The number of nitrogens with two attached hydrogens (primary N) is 1. The van der Waals surface area contributed by atoms with Crippen molar-refractivity contribution in [3.8, 4) is 11.8 Å². The molecule has 9 nitrogen and oxygen atoms in total. The smallest absolute Gasteiger partial charge is 0.267 e. The molecular formula is C29H31N5O4. The van der Waals surface area contributed by atoms with E-state index in [0.717, 1.165) is 5.56 Å². The van der Waals surface area contributed by atoms with E-state index in [1.807, 2.05) is 36.2 Å². The summed E-state index contributed by atoms with van der Waals surface area (Å²) in [4.78, 5) is 38.2. The zero-order chi connectivity index (χ0) is 27.5. The number of aryl methyl sites for hydroxylation is 1. The van der Waals surface area contributed by atoms with Gasteiger partial charge in [0.15, 0.2) is 0 Å². The maximum absolute atomic E-state index is 12.4. The van der Waals surface area contributed by atoms with Crippen LogP contribution in [0.3, 0.4) is 0 Å². The number of amides is 3. The number of rotatable bonds is 9. The molecule has 0 aliphatic rings. The number of likely N-dealkylation sites (N-methyl/N-ethyl adjacent to an activating group) is 1. The van der Waals surface area contributed by atoms with Gasteiger partial charge in [0.1, 0.15) is 6.04 Å². The van der Waals surface area contributed by atoms with Crippen LogP contribution in [0.4, 0.5) is 5.69 Å². The van der Waals surface area contributed by atoms with Crippen LogP contribution in [0.25, 0.3) is 0 Å². The third-order valence-corrected chi connectivity index (χ3v) is 5.75. The maximum Gasteiger partial charge on any atom is 0.267 e. The van der Waals surface area contributed by atoms with Gasteiger partial charge in [-0.05, 0) is 73.6 Å². The molecule has 0 saturated heterocycles. The van der Waals surface area contributed by atoms with Crippen molar-refractivity contribution in [2.24, 2.45) is 5.73 Å². The highest BCUT2D eigenvalue weighted by Gasteiger charge is 2.19. The standard InChI is InChI=1S/C29H31N5O4/c1-20-5-3-4-6-24(20)18-34(2)19-27(35)31-25-15-11-22(12-16-25)8-7-21-9-13-23(14-10-21)28(36)32-26(17-30)29(37)33-38/h3-6,9-16,26,38H,17-19,30H2,1-2H3,(H,31,35)(H,32,36)(H,33,37)/t26-/m0/s1. The summed E-state index contributed by atoms with van der Waals surface area (Å²) in [6.45, 7) is 2.86. The fraction of sp³-hybridized carbons (Fsp3) is 0.207. The molecule has 196 valence electrons. The molecule has 0 aliphatic heterocycles. The molecule has 0 saturated carbocycles. The molecule has 0 unspecified atom stereocenters. The monoisotopic (exact) mass is 513 g/mol. The Hall–Kier alpha value is -4.49. The average molecular weight is 514 g/mol. The van der Waals surface area contributed by atoms with Gasteiger partial charge >= 0.3 is 0 Å². The van der Waals surface area contributed by atoms with E-state index in [0.29, 0.717) is 23.4 Å². The Labute approximate surface area is 222 Å². The average Bonchev–Trinajstić information content (AvgIpc) is 2.92. The third-order valence-electron chi connectivity index (χ3n) is 5.75. The van der Waals surface area contributed by atoms with E-state index in [2.05, 4.69) is 41.5 Å². The van der Waals surface area contributed by atoms with E-state index in [1.165, 1.54) is 16.6 Å². The molecule has 0 aromatic heterocycles. The molecule has 0 fully saturated rings. The molecule has 0 heterocycles. The Morgan fingerprint density at radius 2 is 1.55 bits per heavy atom. The van der Waals surface area contributed by atoms with Gasteiger partial charge in [-0.3, -0.25) is 24.5 Å². The minimum atomic E-state index is -1.04. The van der Waals surface area contributed by atoms with Crippen molar-refractivity contribution >= 4 is 23.4 Å². The van der Waals surface area contributed by atoms with Crippen LogP contribution in [0, 0.1) is 18.8 Å². The van der Waals surface area contributed by atoms with Gasteiger partial charge in [-0.2, -0.15) is 0 Å². The predicted molar refractivity (Wildman–Crippen MR) is 145 cm³/mol. The maximum atomic E-state index is 12.4. The van der Waals surface area contributed by atoms with Crippen molar-refractivity contribution in [3.05, 3.63) is 101 Å². The molecule has 0 radical (unpaired) electrons. The Morgan fingerprint density at radius 1 is 0.947 bits per heavy atom. The zero-order valence-electron chi connectivity index (χ0n) is 21.3. The number of nitrogens with zero attached hydrogens (tertiary/aromatic N) is 1. The molecule has 0 bridgehead atoms. The Kier molecular flexibility index (Phi) is 10.1. The van der Waals surface area contributed by atoms with E-state index in [4.69, 9.17) is 10.9 Å². The minimum Gasteiger partial charge on any atom is -0.339 e. The largest absolute Gasteiger partial charge is 0.339 e. The second-order valence-electron chi connectivity index (χ2n) is 8.79. The quantitative estimate of drug-likeness (QED) is 0.169. The Bertz CT molecular complexity index is 1330. The van der Waals surface area contributed by atoms with E-state index in [-0.39, 0.29) is 19.0 Å². The highest BCUT2D eigenvalue weighted by atomic mass is 16.5. The van der Waals surface area contributed by atoms with Crippen LogP contribution in [-0.4, -0.2) is 54.0 Å². The summed E-state index contributed by atoms with van der Waals surface area (Å²) >= 11 is 0. The van der Waals surface area contributed by atoms with E-state index in [1.54, 1.807) is 36.4 Å². The van der Waals surface area contributed by atoms with Crippen LogP contribution in [-0.2, 0) is 16.1 Å². The second-order valence-corrected chi connectivity index (χ2v) is 8.79.